The third-order valence-corrected chi connectivity index (χ3v) is 5.31. The number of imidazole rings is 1. The van der Waals surface area contributed by atoms with Crippen molar-refractivity contribution in [2.24, 2.45) is 0 Å². The zero-order chi connectivity index (χ0) is 18.9. The van der Waals surface area contributed by atoms with Crippen molar-refractivity contribution in [3.63, 3.8) is 0 Å². The van der Waals surface area contributed by atoms with Crippen molar-refractivity contribution in [1.82, 2.24) is 14.5 Å². The van der Waals surface area contributed by atoms with Crippen LogP contribution in [0.1, 0.15) is 25.1 Å². The predicted octanol–water partition coefficient (Wildman–Crippen LogP) is 1.05. The van der Waals surface area contributed by atoms with Crippen LogP contribution in [0.3, 0.4) is 0 Å². The number of rotatable bonds is 5. The third kappa shape index (κ3) is 3.87. The Labute approximate surface area is 151 Å². The number of likely N-dealkylation sites (tertiary alicyclic amines) is 1. The van der Waals surface area contributed by atoms with Crippen molar-refractivity contribution in [2.45, 2.75) is 37.6 Å². The molecule has 1 aromatic carbocycles. The number of aliphatic carboxylic acids is 1. The van der Waals surface area contributed by atoms with E-state index in [1.165, 1.54) is 4.90 Å². The number of para-hydroxylation sites is 2. The third-order valence-electron chi connectivity index (χ3n) is 4.53. The average molecular weight is 379 g/mol. The Morgan fingerprint density at radius 3 is 2.69 bits per heavy atom. The van der Waals surface area contributed by atoms with Crippen LogP contribution in [0.4, 0.5) is 0 Å². The van der Waals surface area contributed by atoms with Crippen molar-refractivity contribution in [3.8, 4) is 0 Å². The summed E-state index contributed by atoms with van der Waals surface area (Å²) in [5.41, 5.74) is 1.26. The fourth-order valence-corrected chi connectivity index (χ4v) is 4.05. The SMILES string of the molecule is CS(=O)(=O)Cc1nc2ccccc2n1CC(=O)N1CCCC[C@@H]1C(=O)O. The summed E-state index contributed by atoms with van der Waals surface area (Å²) in [6, 6.07) is 6.27. The van der Waals surface area contributed by atoms with E-state index in [1.807, 2.05) is 0 Å². The van der Waals surface area contributed by atoms with Gasteiger partial charge in [0, 0.05) is 12.8 Å². The van der Waals surface area contributed by atoms with Crippen LogP contribution >= 0.6 is 0 Å². The number of hydrogen-bond acceptors (Lipinski definition) is 5. The molecule has 1 aliphatic heterocycles. The summed E-state index contributed by atoms with van der Waals surface area (Å²) >= 11 is 0. The summed E-state index contributed by atoms with van der Waals surface area (Å²) in [6.45, 7) is 0.263. The minimum atomic E-state index is -3.33. The van der Waals surface area contributed by atoms with E-state index in [-0.39, 0.29) is 24.0 Å². The lowest BCUT2D eigenvalue weighted by Crippen LogP contribution is -2.49. The summed E-state index contributed by atoms with van der Waals surface area (Å²) in [5, 5.41) is 9.37. The van der Waals surface area contributed by atoms with Crippen LogP contribution in [0.15, 0.2) is 24.3 Å². The first kappa shape index (κ1) is 18.4. The van der Waals surface area contributed by atoms with Gasteiger partial charge in [-0.2, -0.15) is 0 Å². The van der Waals surface area contributed by atoms with Crippen molar-refractivity contribution < 1.29 is 23.1 Å². The summed E-state index contributed by atoms with van der Waals surface area (Å²) < 4.78 is 25.0. The van der Waals surface area contributed by atoms with E-state index in [4.69, 9.17) is 0 Å². The largest absolute Gasteiger partial charge is 0.480 e. The van der Waals surface area contributed by atoms with Crippen LogP contribution < -0.4 is 0 Å². The lowest BCUT2D eigenvalue weighted by atomic mass is 10.0. The molecule has 0 aliphatic carbocycles. The molecule has 1 fully saturated rings. The minimum Gasteiger partial charge on any atom is -0.480 e. The highest BCUT2D eigenvalue weighted by atomic mass is 32.2. The number of hydrogen-bond donors (Lipinski definition) is 1. The molecule has 1 amide bonds. The highest BCUT2D eigenvalue weighted by molar-refractivity contribution is 7.89. The van der Waals surface area contributed by atoms with Gasteiger partial charge < -0.3 is 14.6 Å². The van der Waals surface area contributed by atoms with Gasteiger partial charge in [-0.1, -0.05) is 12.1 Å². The zero-order valence-electron chi connectivity index (χ0n) is 14.5. The van der Waals surface area contributed by atoms with Gasteiger partial charge in [-0.05, 0) is 31.4 Å². The van der Waals surface area contributed by atoms with Gasteiger partial charge in [0.2, 0.25) is 5.91 Å². The van der Waals surface area contributed by atoms with E-state index in [0.29, 0.717) is 24.0 Å². The number of carbonyl (C=O) groups excluding carboxylic acids is 1. The molecule has 26 heavy (non-hydrogen) atoms. The van der Waals surface area contributed by atoms with Gasteiger partial charge in [-0.15, -0.1) is 0 Å². The van der Waals surface area contributed by atoms with Gasteiger partial charge in [-0.25, -0.2) is 18.2 Å². The normalized spacial score (nSPS) is 18.2. The fraction of sp³-hybridized carbons (Fsp3) is 0.471. The Morgan fingerprint density at radius 2 is 2.00 bits per heavy atom. The number of carboxylic acid groups (broad SMARTS) is 1. The molecule has 1 aromatic heterocycles. The van der Waals surface area contributed by atoms with Gasteiger partial charge >= 0.3 is 5.97 Å². The van der Waals surface area contributed by atoms with Gasteiger partial charge in [-0.3, -0.25) is 4.79 Å². The maximum absolute atomic E-state index is 12.8. The van der Waals surface area contributed by atoms with Gasteiger partial charge in [0.15, 0.2) is 9.84 Å². The molecule has 1 N–H and O–H groups in total. The molecule has 2 heterocycles. The molecule has 0 bridgehead atoms. The lowest BCUT2D eigenvalue weighted by molar-refractivity contribution is -0.152. The van der Waals surface area contributed by atoms with Crippen LogP contribution in [0, 0.1) is 0 Å². The summed E-state index contributed by atoms with van der Waals surface area (Å²) in [6.07, 6.45) is 3.08. The number of sulfone groups is 1. The number of nitrogens with zero attached hydrogens (tertiary/aromatic N) is 3. The van der Waals surface area contributed by atoms with E-state index < -0.39 is 21.8 Å². The highest BCUT2D eigenvalue weighted by Crippen LogP contribution is 2.21. The van der Waals surface area contributed by atoms with Crippen molar-refractivity contribution >= 4 is 32.7 Å². The second kappa shape index (κ2) is 7.06. The molecule has 1 saturated heterocycles. The van der Waals surface area contributed by atoms with Crippen LogP contribution in [-0.4, -0.2) is 58.7 Å². The Bertz CT molecular complexity index is 950. The topological polar surface area (TPSA) is 110 Å². The standard InChI is InChI=1S/C17H21N3O5S/c1-26(24,25)11-15-18-12-6-2-3-7-13(12)20(15)10-16(21)19-9-5-4-8-14(19)17(22)23/h2-3,6-7,14H,4-5,8-11H2,1H3,(H,22,23)/t14-/m1/s1. The van der Waals surface area contributed by atoms with E-state index >= 15 is 0 Å². The van der Waals surface area contributed by atoms with E-state index in [0.717, 1.165) is 19.1 Å². The van der Waals surface area contributed by atoms with Gasteiger partial charge in [0.05, 0.1) is 11.0 Å². The minimum absolute atomic E-state index is 0.130. The van der Waals surface area contributed by atoms with Crippen molar-refractivity contribution in [3.05, 3.63) is 30.1 Å². The van der Waals surface area contributed by atoms with Gasteiger partial charge in [0.1, 0.15) is 24.2 Å². The highest BCUT2D eigenvalue weighted by Gasteiger charge is 2.32. The fourth-order valence-electron chi connectivity index (χ4n) is 3.36. The van der Waals surface area contributed by atoms with E-state index in [1.54, 1.807) is 28.8 Å². The molecule has 1 atom stereocenters. The number of amides is 1. The molecule has 140 valence electrons. The molecule has 0 spiro atoms. The lowest BCUT2D eigenvalue weighted by Gasteiger charge is -2.33. The van der Waals surface area contributed by atoms with Crippen LogP contribution in [0.2, 0.25) is 0 Å². The first-order valence-corrected chi connectivity index (χ1v) is 10.5. The van der Waals surface area contributed by atoms with Gasteiger partial charge in [0.25, 0.3) is 0 Å². The Hall–Kier alpha value is -2.42. The molecule has 3 rings (SSSR count). The first-order chi connectivity index (χ1) is 12.3. The summed E-state index contributed by atoms with van der Waals surface area (Å²) in [5.74, 6) is -1.34. The van der Waals surface area contributed by atoms with Crippen LogP contribution in [0.25, 0.3) is 11.0 Å². The first-order valence-electron chi connectivity index (χ1n) is 8.40. The second-order valence-electron chi connectivity index (χ2n) is 6.61. The van der Waals surface area contributed by atoms with Crippen LogP contribution in [-0.2, 0) is 31.7 Å². The number of carbonyl (C=O) groups is 2. The van der Waals surface area contributed by atoms with Crippen molar-refractivity contribution in [2.75, 3.05) is 12.8 Å². The molecule has 8 nitrogen and oxygen atoms in total. The number of piperidine rings is 1. The Balaban J connectivity index is 1.95. The molecule has 9 heteroatoms. The molecule has 1 aliphatic rings. The average Bonchev–Trinajstić information content (AvgIpc) is 2.90. The summed E-state index contributed by atoms with van der Waals surface area (Å²) in [4.78, 5) is 30.0. The number of benzene rings is 1. The van der Waals surface area contributed by atoms with E-state index in [2.05, 4.69) is 4.98 Å². The number of aromatic nitrogens is 2. The summed E-state index contributed by atoms with van der Waals surface area (Å²) in [7, 11) is -3.33. The molecule has 0 saturated carbocycles. The Morgan fingerprint density at radius 1 is 1.27 bits per heavy atom. The Kier molecular flexibility index (Phi) is 4.99. The quantitative estimate of drug-likeness (QED) is 0.831. The predicted molar refractivity (Wildman–Crippen MR) is 95.3 cm³/mol. The molecule has 0 unspecified atom stereocenters. The number of fused-ring (bicyclic) bond motifs is 1. The number of carboxylic acids is 1. The van der Waals surface area contributed by atoms with Crippen LogP contribution in [0.5, 0.6) is 0 Å². The second-order valence-corrected chi connectivity index (χ2v) is 8.75. The smallest absolute Gasteiger partial charge is 0.326 e. The van der Waals surface area contributed by atoms with Crippen molar-refractivity contribution in [1.29, 1.82) is 0 Å². The van der Waals surface area contributed by atoms with E-state index in [9.17, 15) is 23.1 Å². The molecule has 2 aromatic rings. The zero-order valence-corrected chi connectivity index (χ0v) is 15.3. The monoisotopic (exact) mass is 379 g/mol. The molecule has 0 radical (unpaired) electrons. The maximum atomic E-state index is 12.8. The maximum Gasteiger partial charge on any atom is 0.326 e. The molecular formula is C17H21N3O5S. The molecular weight excluding hydrogens is 358 g/mol.